The lowest BCUT2D eigenvalue weighted by Gasteiger charge is -2.12. The number of hydrogen-bond donors (Lipinski definition) is 1. The summed E-state index contributed by atoms with van der Waals surface area (Å²) in [4.78, 5) is 23.6. The molecule has 2 aromatic carbocycles. The molecule has 2 rings (SSSR count). The molecule has 0 amide bonds. The van der Waals surface area contributed by atoms with E-state index in [1.54, 1.807) is 30.3 Å². The second kappa shape index (κ2) is 9.45. The quantitative estimate of drug-likeness (QED) is 0.522. The summed E-state index contributed by atoms with van der Waals surface area (Å²) >= 11 is 0. The van der Waals surface area contributed by atoms with Crippen LogP contribution in [0.25, 0.3) is 6.08 Å². The first-order valence-electron chi connectivity index (χ1n) is 8.34. The summed E-state index contributed by atoms with van der Waals surface area (Å²) in [7, 11) is 6.01. The van der Waals surface area contributed by atoms with Crippen molar-refractivity contribution in [3.63, 3.8) is 0 Å². The summed E-state index contributed by atoms with van der Waals surface area (Å²) in [6.45, 7) is 0. The van der Waals surface area contributed by atoms with E-state index in [1.807, 2.05) is 0 Å². The third-order valence-corrected chi connectivity index (χ3v) is 4.06. The molecule has 0 saturated carbocycles. The van der Waals surface area contributed by atoms with Crippen molar-refractivity contribution in [3.8, 4) is 23.0 Å². The number of rotatable bonds is 9. The molecule has 2 aromatic rings. The second-order valence-corrected chi connectivity index (χ2v) is 5.74. The molecular weight excluding hydrogens is 364 g/mol. The first-order valence-corrected chi connectivity index (χ1v) is 8.34. The van der Waals surface area contributed by atoms with Crippen LogP contribution in [0.2, 0.25) is 0 Å². The smallest absolute Gasteiger partial charge is 0.307 e. The molecule has 0 saturated heterocycles. The van der Waals surface area contributed by atoms with Crippen molar-refractivity contribution in [2.24, 2.45) is 0 Å². The van der Waals surface area contributed by atoms with E-state index in [0.29, 0.717) is 39.7 Å². The van der Waals surface area contributed by atoms with Gasteiger partial charge in [-0.1, -0.05) is 0 Å². The van der Waals surface area contributed by atoms with Crippen molar-refractivity contribution >= 4 is 17.8 Å². The Morgan fingerprint density at radius 2 is 1.46 bits per heavy atom. The van der Waals surface area contributed by atoms with Gasteiger partial charge >= 0.3 is 5.97 Å². The van der Waals surface area contributed by atoms with E-state index < -0.39 is 5.97 Å². The topological polar surface area (TPSA) is 91.3 Å². The van der Waals surface area contributed by atoms with E-state index in [9.17, 15) is 9.59 Å². The number of methoxy groups -OCH3 is 4. The molecule has 0 unspecified atom stereocenters. The number of carbonyl (C=O) groups is 2. The minimum atomic E-state index is -1.01. The molecular formula is C21H22O7. The predicted octanol–water partition coefficient (Wildman–Crippen LogP) is 3.24. The van der Waals surface area contributed by atoms with Crippen LogP contribution in [-0.2, 0) is 11.2 Å². The highest BCUT2D eigenvalue weighted by Gasteiger charge is 2.13. The van der Waals surface area contributed by atoms with Gasteiger partial charge in [0.25, 0.3) is 0 Å². The van der Waals surface area contributed by atoms with Gasteiger partial charge in [0.2, 0.25) is 0 Å². The lowest BCUT2D eigenvalue weighted by molar-refractivity contribution is -0.136. The summed E-state index contributed by atoms with van der Waals surface area (Å²) in [5.74, 6) is 0.659. The molecule has 0 aliphatic heterocycles. The predicted molar refractivity (Wildman–Crippen MR) is 104 cm³/mol. The third kappa shape index (κ3) is 4.82. The molecule has 0 aromatic heterocycles. The molecule has 0 bridgehead atoms. The van der Waals surface area contributed by atoms with Crippen molar-refractivity contribution in [3.05, 3.63) is 53.1 Å². The summed E-state index contributed by atoms with van der Waals surface area (Å²) < 4.78 is 21.0. The molecule has 148 valence electrons. The lowest BCUT2D eigenvalue weighted by atomic mass is 10.0. The van der Waals surface area contributed by atoms with E-state index in [1.165, 1.54) is 40.6 Å². The van der Waals surface area contributed by atoms with E-state index in [4.69, 9.17) is 24.1 Å². The van der Waals surface area contributed by atoms with Gasteiger partial charge in [0.05, 0.1) is 34.9 Å². The van der Waals surface area contributed by atoms with Gasteiger partial charge in [-0.05, 0) is 36.4 Å². The van der Waals surface area contributed by atoms with Crippen LogP contribution in [-0.4, -0.2) is 45.3 Å². The first kappa shape index (κ1) is 20.8. The SMILES string of the molecule is COc1cc(OC)c(OC)cc1/C=C/C(=O)c1ccc(OC)c(CC(=O)O)c1. The molecule has 0 radical (unpaired) electrons. The number of carbonyl (C=O) groups excluding carboxylic acids is 1. The number of carboxylic acids is 1. The van der Waals surface area contributed by atoms with Crippen molar-refractivity contribution in [2.75, 3.05) is 28.4 Å². The molecule has 1 N–H and O–H groups in total. The van der Waals surface area contributed by atoms with Crippen molar-refractivity contribution < 1.29 is 33.6 Å². The molecule has 0 aliphatic rings. The van der Waals surface area contributed by atoms with Gasteiger partial charge in [0, 0.05) is 22.8 Å². The zero-order valence-electron chi connectivity index (χ0n) is 16.1. The molecule has 0 fully saturated rings. The third-order valence-electron chi connectivity index (χ3n) is 4.06. The van der Waals surface area contributed by atoms with Crippen LogP contribution in [0.15, 0.2) is 36.4 Å². The Hall–Kier alpha value is -3.48. The Kier molecular flexibility index (Phi) is 7.03. The van der Waals surface area contributed by atoms with Crippen molar-refractivity contribution in [1.29, 1.82) is 0 Å². The van der Waals surface area contributed by atoms with Gasteiger partial charge in [-0.25, -0.2) is 0 Å². The number of allylic oxidation sites excluding steroid dienone is 1. The largest absolute Gasteiger partial charge is 0.496 e. The molecule has 0 heterocycles. The summed E-state index contributed by atoms with van der Waals surface area (Å²) in [5, 5.41) is 9.03. The summed E-state index contributed by atoms with van der Waals surface area (Å²) in [6, 6.07) is 8.05. The maximum absolute atomic E-state index is 12.6. The van der Waals surface area contributed by atoms with Gasteiger partial charge in [-0.15, -0.1) is 0 Å². The lowest BCUT2D eigenvalue weighted by Crippen LogP contribution is -2.04. The Morgan fingerprint density at radius 1 is 0.857 bits per heavy atom. The fourth-order valence-electron chi connectivity index (χ4n) is 2.68. The number of ether oxygens (including phenoxy) is 4. The van der Waals surface area contributed by atoms with Crippen LogP contribution < -0.4 is 18.9 Å². The number of aliphatic carboxylic acids is 1. The molecule has 0 aliphatic carbocycles. The molecule has 7 nitrogen and oxygen atoms in total. The van der Waals surface area contributed by atoms with Gasteiger partial charge < -0.3 is 24.1 Å². The minimum absolute atomic E-state index is 0.239. The zero-order valence-corrected chi connectivity index (χ0v) is 16.1. The number of carboxylic acid groups (broad SMARTS) is 1. The van der Waals surface area contributed by atoms with Gasteiger partial charge in [-0.3, -0.25) is 9.59 Å². The minimum Gasteiger partial charge on any atom is -0.496 e. The van der Waals surface area contributed by atoms with Crippen LogP contribution in [0.5, 0.6) is 23.0 Å². The molecule has 28 heavy (non-hydrogen) atoms. The van der Waals surface area contributed by atoms with Crippen molar-refractivity contribution in [1.82, 2.24) is 0 Å². The number of hydrogen-bond acceptors (Lipinski definition) is 6. The Balaban J connectivity index is 2.34. The Bertz CT molecular complexity index is 900. The average molecular weight is 386 g/mol. The van der Waals surface area contributed by atoms with E-state index in [2.05, 4.69) is 0 Å². The second-order valence-electron chi connectivity index (χ2n) is 5.74. The van der Waals surface area contributed by atoms with Crippen LogP contribution in [0, 0.1) is 0 Å². The Labute approximate surface area is 163 Å². The maximum atomic E-state index is 12.6. The van der Waals surface area contributed by atoms with E-state index >= 15 is 0 Å². The number of benzene rings is 2. The molecule has 0 atom stereocenters. The number of ketones is 1. The van der Waals surface area contributed by atoms with Gasteiger partial charge in [-0.2, -0.15) is 0 Å². The van der Waals surface area contributed by atoms with Crippen LogP contribution in [0.3, 0.4) is 0 Å². The van der Waals surface area contributed by atoms with Gasteiger partial charge in [0.15, 0.2) is 17.3 Å². The van der Waals surface area contributed by atoms with E-state index in [0.717, 1.165) is 0 Å². The molecule has 7 heteroatoms. The van der Waals surface area contributed by atoms with Crippen LogP contribution >= 0.6 is 0 Å². The van der Waals surface area contributed by atoms with Crippen LogP contribution in [0.4, 0.5) is 0 Å². The van der Waals surface area contributed by atoms with Gasteiger partial charge in [0.1, 0.15) is 11.5 Å². The van der Waals surface area contributed by atoms with E-state index in [-0.39, 0.29) is 12.2 Å². The maximum Gasteiger partial charge on any atom is 0.307 e. The average Bonchev–Trinajstić information content (AvgIpc) is 2.70. The summed E-state index contributed by atoms with van der Waals surface area (Å²) in [5.41, 5.74) is 1.42. The normalized spacial score (nSPS) is 10.6. The highest BCUT2D eigenvalue weighted by atomic mass is 16.5. The summed E-state index contributed by atoms with van der Waals surface area (Å²) in [6.07, 6.45) is 2.75. The Morgan fingerprint density at radius 3 is 2.04 bits per heavy atom. The first-order chi connectivity index (χ1) is 13.4. The standard InChI is InChI=1S/C21H22O7/c1-25-17-8-6-13(9-15(17)11-21(23)24)16(22)7-5-14-10-19(27-3)20(28-4)12-18(14)26-2/h5-10,12H,11H2,1-4H3,(H,23,24)/b7-5+. The fraction of sp³-hybridized carbons (Fsp3) is 0.238. The zero-order chi connectivity index (χ0) is 20.7. The highest BCUT2D eigenvalue weighted by molar-refractivity contribution is 6.07. The fourth-order valence-corrected chi connectivity index (χ4v) is 2.68. The van der Waals surface area contributed by atoms with Crippen LogP contribution in [0.1, 0.15) is 21.5 Å². The monoisotopic (exact) mass is 386 g/mol. The molecule has 0 spiro atoms. The van der Waals surface area contributed by atoms with Crippen molar-refractivity contribution in [2.45, 2.75) is 6.42 Å². The highest BCUT2D eigenvalue weighted by Crippen LogP contribution is 2.35.